The van der Waals surface area contributed by atoms with Crippen molar-refractivity contribution in [1.29, 1.82) is 0 Å². The highest BCUT2D eigenvalue weighted by Crippen LogP contribution is 2.28. The summed E-state index contributed by atoms with van der Waals surface area (Å²) in [6.07, 6.45) is 14.8. The van der Waals surface area contributed by atoms with Gasteiger partial charge >= 0.3 is 0 Å². The van der Waals surface area contributed by atoms with Crippen molar-refractivity contribution in [3.05, 3.63) is 64.7 Å². The molecular formula is C30H43ClO. The number of rotatable bonds is 15. The summed E-state index contributed by atoms with van der Waals surface area (Å²) in [6.45, 7) is 9.67. The second-order valence-corrected chi connectivity index (χ2v) is 9.86. The van der Waals surface area contributed by atoms with Crippen molar-refractivity contribution in [3.8, 4) is 16.9 Å². The molecule has 2 aromatic rings. The summed E-state index contributed by atoms with van der Waals surface area (Å²) in [7, 11) is 0. The maximum atomic E-state index is 6.60. The molecule has 0 saturated heterocycles. The maximum absolute atomic E-state index is 6.60. The summed E-state index contributed by atoms with van der Waals surface area (Å²) < 4.78 is 5.98. The summed E-state index contributed by atoms with van der Waals surface area (Å²) in [5.41, 5.74) is 5.02. The largest absolute Gasteiger partial charge is 0.494 e. The maximum Gasteiger partial charge on any atom is 0.119 e. The van der Waals surface area contributed by atoms with E-state index in [0.717, 1.165) is 30.2 Å². The highest BCUT2D eigenvalue weighted by molar-refractivity contribution is 6.31. The van der Waals surface area contributed by atoms with Gasteiger partial charge in [0.15, 0.2) is 0 Å². The van der Waals surface area contributed by atoms with Gasteiger partial charge in [-0.1, -0.05) is 93.5 Å². The minimum Gasteiger partial charge on any atom is -0.494 e. The molecule has 176 valence electrons. The molecule has 2 aromatic carbocycles. The molecule has 1 nitrogen and oxygen atoms in total. The van der Waals surface area contributed by atoms with Crippen LogP contribution in [0, 0.1) is 5.92 Å². The van der Waals surface area contributed by atoms with Gasteiger partial charge in [0.1, 0.15) is 5.75 Å². The Kier molecular flexibility index (Phi) is 12.6. The van der Waals surface area contributed by atoms with Crippen LogP contribution in [0.4, 0.5) is 0 Å². The van der Waals surface area contributed by atoms with E-state index in [1.54, 1.807) is 0 Å². The average Bonchev–Trinajstić information content (AvgIpc) is 2.77. The first kappa shape index (κ1) is 26.5. The van der Waals surface area contributed by atoms with Crippen LogP contribution in [0.1, 0.15) is 91.0 Å². The molecule has 0 aliphatic heterocycles. The predicted molar refractivity (Wildman–Crippen MR) is 142 cm³/mol. The van der Waals surface area contributed by atoms with Crippen molar-refractivity contribution in [1.82, 2.24) is 0 Å². The second kappa shape index (κ2) is 15.2. The molecule has 0 fully saturated rings. The third kappa shape index (κ3) is 10.3. The fraction of sp³-hybridized carbons (Fsp3) is 0.533. The van der Waals surface area contributed by atoms with Gasteiger partial charge in [0.05, 0.1) is 6.61 Å². The number of aryl methyl sites for hydroxylation is 1. The molecular weight excluding hydrogens is 412 g/mol. The van der Waals surface area contributed by atoms with E-state index in [0.29, 0.717) is 5.92 Å². The number of hydrogen-bond acceptors (Lipinski definition) is 1. The zero-order valence-electron chi connectivity index (χ0n) is 20.8. The van der Waals surface area contributed by atoms with E-state index in [4.69, 9.17) is 16.3 Å². The lowest BCUT2D eigenvalue weighted by molar-refractivity contribution is 0.279. The third-order valence-corrected chi connectivity index (χ3v) is 6.48. The average molecular weight is 455 g/mol. The van der Waals surface area contributed by atoms with Gasteiger partial charge in [-0.2, -0.15) is 0 Å². The summed E-state index contributed by atoms with van der Waals surface area (Å²) >= 11 is 6.60. The number of ether oxygens (including phenoxy) is 1. The van der Waals surface area contributed by atoms with E-state index in [2.05, 4.69) is 76.2 Å². The Balaban J connectivity index is 1.78. The van der Waals surface area contributed by atoms with Crippen molar-refractivity contribution >= 4 is 11.6 Å². The molecule has 0 N–H and O–H groups in total. The van der Waals surface area contributed by atoms with Gasteiger partial charge in [-0.15, -0.1) is 0 Å². The lowest BCUT2D eigenvalue weighted by Gasteiger charge is -2.12. The van der Waals surface area contributed by atoms with Gasteiger partial charge < -0.3 is 4.74 Å². The second-order valence-electron chi connectivity index (χ2n) is 9.45. The van der Waals surface area contributed by atoms with E-state index < -0.39 is 0 Å². The predicted octanol–water partition coefficient (Wildman–Crippen LogP) is 10.1. The first-order chi connectivity index (χ1) is 15.5. The van der Waals surface area contributed by atoms with E-state index in [-0.39, 0.29) is 0 Å². The lowest BCUT2D eigenvalue weighted by atomic mass is 10.0. The molecule has 0 bridgehead atoms. The Hall–Kier alpha value is -1.73. The zero-order chi connectivity index (χ0) is 23.2. The lowest BCUT2D eigenvalue weighted by Crippen LogP contribution is -2.04. The molecule has 0 aliphatic rings. The quantitative estimate of drug-likeness (QED) is 0.192. The van der Waals surface area contributed by atoms with Crippen LogP contribution in [0.15, 0.2) is 54.1 Å². The number of allylic oxidation sites excluding steroid dienone is 2. The van der Waals surface area contributed by atoms with Crippen LogP contribution in [0.2, 0.25) is 5.02 Å². The van der Waals surface area contributed by atoms with Crippen LogP contribution in [0.3, 0.4) is 0 Å². The van der Waals surface area contributed by atoms with E-state index in [1.165, 1.54) is 73.6 Å². The van der Waals surface area contributed by atoms with Crippen LogP contribution >= 0.6 is 11.6 Å². The van der Waals surface area contributed by atoms with Crippen LogP contribution in [-0.2, 0) is 6.42 Å². The Morgan fingerprint density at radius 2 is 1.59 bits per heavy atom. The van der Waals surface area contributed by atoms with Crippen molar-refractivity contribution in [3.63, 3.8) is 0 Å². The van der Waals surface area contributed by atoms with Crippen molar-refractivity contribution in [2.24, 2.45) is 5.92 Å². The molecule has 0 aliphatic carbocycles. The molecule has 0 saturated carbocycles. The van der Waals surface area contributed by atoms with E-state index in [1.807, 2.05) is 0 Å². The molecule has 1 atom stereocenters. The first-order valence-corrected chi connectivity index (χ1v) is 13.0. The Labute approximate surface area is 202 Å². The Morgan fingerprint density at radius 1 is 0.906 bits per heavy atom. The Bertz CT molecular complexity index is 802. The number of unbranched alkanes of at least 4 members (excludes halogenated alkanes) is 5. The molecule has 32 heavy (non-hydrogen) atoms. The SMILES string of the molecule is CCCCCCCCc1ccc(-c2ccc(OCCC(C)CCC=C(C)C)cc2)cc1Cl. The van der Waals surface area contributed by atoms with Crippen LogP contribution in [0.5, 0.6) is 5.75 Å². The minimum absolute atomic E-state index is 0.682. The first-order valence-electron chi connectivity index (χ1n) is 12.6. The van der Waals surface area contributed by atoms with Gasteiger partial charge in [-0.3, -0.25) is 0 Å². The molecule has 0 heterocycles. The highest BCUT2D eigenvalue weighted by atomic mass is 35.5. The van der Waals surface area contributed by atoms with E-state index in [9.17, 15) is 0 Å². The molecule has 0 aromatic heterocycles. The molecule has 0 spiro atoms. The molecule has 2 rings (SSSR count). The summed E-state index contributed by atoms with van der Waals surface area (Å²) in [5, 5.41) is 0.887. The van der Waals surface area contributed by atoms with Crippen molar-refractivity contribution in [2.75, 3.05) is 6.61 Å². The monoisotopic (exact) mass is 454 g/mol. The molecule has 0 radical (unpaired) electrons. The standard InChI is InChI=1S/C30H43ClO/c1-5-6-7-8-9-10-14-27-15-16-28(23-30(27)31)26-17-19-29(20-18-26)32-22-21-25(4)13-11-12-24(2)3/h12,15-20,23,25H,5-11,13-14,21-22H2,1-4H3. The van der Waals surface area contributed by atoms with Gasteiger partial charge in [-0.25, -0.2) is 0 Å². The van der Waals surface area contributed by atoms with E-state index >= 15 is 0 Å². The van der Waals surface area contributed by atoms with Crippen molar-refractivity contribution in [2.45, 2.75) is 91.9 Å². The topological polar surface area (TPSA) is 9.23 Å². The Morgan fingerprint density at radius 3 is 2.28 bits per heavy atom. The van der Waals surface area contributed by atoms with Crippen LogP contribution < -0.4 is 4.74 Å². The van der Waals surface area contributed by atoms with Crippen LogP contribution in [0.25, 0.3) is 11.1 Å². The van der Waals surface area contributed by atoms with Gasteiger partial charge in [-0.05, 0) is 86.8 Å². The fourth-order valence-electron chi connectivity index (χ4n) is 3.95. The highest BCUT2D eigenvalue weighted by Gasteiger charge is 2.06. The summed E-state index contributed by atoms with van der Waals surface area (Å²) in [6, 6.07) is 14.9. The van der Waals surface area contributed by atoms with Crippen molar-refractivity contribution < 1.29 is 4.74 Å². The zero-order valence-corrected chi connectivity index (χ0v) is 21.5. The number of halogens is 1. The molecule has 2 heteroatoms. The summed E-state index contributed by atoms with van der Waals surface area (Å²) in [5.74, 6) is 1.62. The smallest absolute Gasteiger partial charge is 0.119 e. The third-order valence-electron chi connectivity index (χ3n) is 6.13. The van der Waals surface area contributed by atoms with Gasteiger partial charge in [0.25, 0.3) is 0 Å². The number of benzene rings is 2. The normalized spacial score (nSPS) is 11.9. The van der Waals surface area contributed by atoms with Gasteiger partial charge in [0.2, 0.25) is 0 Å². The van der Waals surface area contributed by atoms with Gasteiger partial charge in [0, 0.05) is 5.02 Å². The van der Waals surface area contributed by atoms with Crippen LogP contribution in [-0.4, -0.2) is 6.61 Å². The number of hydrogen-bond donors (Lipinski definition) is 0. The fourth-order valence-corrected chi connectivity index (χ4v) is 4.22. The molecule has 1 unspecified atom stereocenters. The summed E-state index contributed by atoms with van der Waals surface area (Å²) in [4.78, 5) is 0. The minimum atomic E-state index is 0.682. The molecule has 0 amide bonds.